The molecule has 2 heterocycles. The molecule has 1 amide bonds. The third-order valence-corrected chi connectivity index (χ3v) is 4.72. The van der Waals surface area contributed by atoms with Gasteiger partial charge in [-0.25, -0.2) is 9.97 Å². The van der Waals surface area contributed by atoms with Crippen molar-refractivity contribution in [1.82, 2.24) is 19.8 Å². The zero-order chi connectivity index (χ0) is 18.2. The summed E-state index contributed by atoms with van der Waals surface area (Å²) in [6.45, 7) is 7.41. The summed E-state index contributed by atoms with van der Waals surface area (Å²) < 4.78 is 5.97. The summed E-state index contributed by atoms with van der Waals surface area (Å²) in [6.07, 6.45) is 6.21. The maximum atomic E-state index is 13.0. The minimum absolute atomic E-state index is 0.0837. The molecular weight excluding hydrogens is 316 g/mol. The number of likely N-dealkylation sites (tertiary alicyclic amines) is 1. The molecule has 0 aliphatic carbocycles. The molecule has 1 aliphatic rings. The van der Waals surface area contributed by atoms with Crippen LogP contribution in [0.15, 0.2) is 6.33 Å². The first kappa shape index (κ1) is 19.8. The van der Waals surface area contributed by atoms with Crippen LogP contribution in [0.4, 0.5) is 0 Å². The Labute approximate surface area is 151 Å². The Hall–Kier alpha value is -1.53. The summed E-state index contributed by atoms with van der Waals surface area (Å²) in [6, 6.07) is 0. The van der Waals surface area contributed by atoms with Crippen LogP contribution in [0.25, 0.3) is 0 Å². The molecule has 6 heteroatoms. The molecule has 140 valence electrons. The smallest absolute Gasteiger partial charge is 0.257 e. The Balaban J connectivity index is 1.89. The number of ether oxygens (including phenoxy) is 1. The zero-order valence-electron chi connectivity index (χ0n) is 16.1. The van der Waals surface area contributed by atoms with E-state index in [0.717, 1.165) is 75.3 Å². The number of rotatable bonds is 8. The second kappa shape index (κ2) is 9.82. The fourth-order valence-corrected chi connectivity index (χ4v) is 3.26. The fraction of sp³-hybridized carbons (Fsp3) is 0.737. The third kappa shape index (κ3) is 5.47. The van der Waals surface area contributed by atoms with Crippen LogP contribution >= 0.6 is 0 Å². The first-order chi connectivity index (χ1) is 12.1. The molecule has 25 heavy (non-hydrogen) atoms. The van der Waals surface area contributed by atoms with Gasteiger partial charge in [0.25, 0.3) is 5.91 Å². The maximum absolute atomic E-state index is 13.0. The summed E-state index contributed by atoms with van der Waals surface area (Å²) in [5, 5.41) is 0. The largest absolute Gasteiger partial charge is 0.378 e. The van der Waals surface area contributed by atoms with Crippen molar-refractivity contribution < 1.29 is 9.53 Å². The molecule has 2 rings (SSSR count). The fourth-order valence-electron chi connectivity index (χ4n) is 3.26. The van der Waals surface area contributed by atoms with Crippen LogP contribution in [0.3, 0.4) is 0 Å². The van der Waals surface area contributed by atoms with Crippen molar-refractivity contribution in [3.05, 3.63) is 23.3 Å². The van der Waals surface area contributed by atoms with Crippen LogP contribution < -0.4 is 0 Å². The minimum Gasteiger partial charge on any atom is -0.378 e. The molecule has 1 fully saturated rings. The van der Waals surface area contributed by atoms with Gasteiger partial charge >= 0.3 is 0 Å². The van der Waals surface area contributed by atoms with Gasteiger partial charge in [0.05, 0.1) is 23.1 Å². The van der Waals surface area contributed by atoms with E-state index >= 15 is 0 Å². The van der Waals surface area contributed by atoms with E-state index in [2.05, 4.69) is 29.0 Å². The van der Waals surface area contributed by atoms with E-state index in [9.17, 15) is 4.79 Å². The Morgan fingerprint density at radius 1 is 1.20 bits per heavy atom. The average Bonchev–Trinajstić information content (AvgIpc) is 2.64. The Morgan fingerprint density at radius 3 is 2.32 bits per heavy atom. The highest BCUT2D eigenvalue weighted by atomic mass is 16.5. The number of hydrogen-bond acceptors (Lipinski definition) is 5. The molecule has 1 aromatic rings. The van der Waals surface area contributed by atoms with Gasteiger partial charge in [0.15, 0.2) is 0 Å². The standard InChI is InChI=1S/C19H32N4O2/c1-5-16-18(17(6-2)21-14-20-16)19(24)23-11-8-15(9-12-23)25-13-7-10-22(3)4/h14-15H,5-13H2,1-4H3. The summed E-state index contributed by atoms with van der Waals surface area (Å²) in [4.78, 5) is 25.7. The van der Waals surface area contributed by atoms with Crippen molar-refractivity contribution >= 4 is 5.91 Å². The normalized spacial score (nSPS) is 15.8. The van der Waals surface area contributed by atoms with Gasteiger partial charge in [0.2, 0.25) is 0 Å². The number of piperidine rings is 1. The summed E-state index contributed by atoms with van der Waals surface area (Å²) in [7, 11) is 4.15. The highest BCUT2D eigenvalue weighted by Gasteiger charge is 2.27. The van der Waals surface area contributed by atoms with E-state index < -0.39 is 0 Å². The SMILES string of the molecule is CCc1ncnc(CC)c1C(=O)N1CCC(OCCCN(C)C)CC1. The molecule has 0 radical (unpaired) electrons. The molecule has 0 bridgehead atoms. The van der Waals surface area contributed by atoms with Gasteiger partial charge in [0, 0.05) is 19.7 Å². The first-order valence-corrected chi connectivity index (χ1v) is 9.45. The van der Waals surface area contributed by atoms with Crippen molar-refractivity contribution in [2.75, 3.05) is 40.3 Å². The van der Waals surface area contributed by atoms with Gasteiger partial charge in [-0.3, -0.25) is 4.79 Å². The quantitative estimate of drug-likeness (QED) is 0.674. The number of aromatic nitrogens is 2. The average molecular weight is 348 g/mol. The molecule has 0 atom stereocenters. The Morgan fingerprint density at radius 2 is 1.80 bits per heavy atom. The third-order valence-electron chi connectivity index (χ3n) is 4.72. The summed E-state index contributed by atoms with van der Waals surface area (Å²) in [5.74, 6) is 0.0837. The number of nitrogens with zero attached hydrogens (tertiary/aromatic N) is 4. The number of aryl methyl sites for hydroxylation is 2. The van der Waals surface area contributed by atoms with Crippen molar-refractivity contribution in [3.8, 4) is 0 Å². The second-order valence-electron chi connectivity index (χ2n) is 6.87. The Kier molecular flexibility index (Phi) is 7.78. The molecule has 0 aromatic carbocycles. The van der Waals surface area contributed by atoms with Gasteiger partial charge < -0.3 is 14.5 Å². The number of hydrogen-bond donors (Lipinski definition) is 0. The molecule has 1 aromatic heterocycles. The van der Waals surface area contributed by atoms with E-state index in [1.807, 2.05) is 18.7 Å². The molecule has 0 saturated carbocycles. The highest BCUT2D eigenvalue weighted by Crippen LogP contribution is 2.20. The number of amides is 1. The van der Waals surface area contributed by atoms with Crippen molar-refractivity contribution in [2.45, 2.75) is 52.1 Å². The molecule has 0 spiro atoms. The van der Waals surface area contributed by atoms with Crippen LogP contribution in [0, 0.1) is 0 Å². The van der Waals surface area contributed by atoms with Gasteiger partial charge in [-0.2, -0.15) is 0 Å². The lowest BCUT2D eigenvalue weighted by Crippen LogP contribution is -2.42. The number of carbonyl (C=O) groups is 1. The lowest BCUT2D eigenvalue weighted by atomic mass is 10.0. The Bertz CT molecular complexity index is 532. The van der Waals surface area contributed by atoms with E-state index in [0.29, 0.717) is 0 Å². The van der Waals surface area contributed by atoms with Crippen LogP contribution in [0.1, 0.15) is 54.9 Å². The molecule has 0 unspecified atom stereocenters. The van der Waals surface area contributed by atoms with E-state index in [4.69, 9.17) is 4.74 Å². The predicted molar refractivity (Wildman–Crippen MR) is 98.8 cm³/mol. The van der Waals surface area contributed by atoms with Crippen LogP contribution in [-0.2, 0) is 17.6 Å². The topological polar surface area (TPSA) is 58.6 Å². The van der Waals surface area contributed by atoms with Gasteiger partial charge in [-0.15, -0.1) is 0 Å². The van der Waals surface area contributed by atoms with Crippen molar-refractivity contribution in [2.24, 2.45) is 0 Å². The molecule has 1 aliphatic heterocycles. The molecule has 1 saturated heterocycles. The lowest BCUT2D eigenvalue weighted by Gasteiger charge is -2.32. The second-order valence-corrected chi connectivity index (χ2v) is 6.87. The van der Waals surface area contributed by atoms with E-state index in [-0.39, 0.29) is 12.0 Å². The van der Waals surface area contributed by atoms with Crippen LogP contribution in [0.5, 0.6) is 0 Å². The first-order valence-electron chi connectivity index (χ1n) is 9.45. The monoisotopic (exact) mass is 348 g/mol. The predicted octanol–water partition coefficient (Wildman–Crippen LogP) is 2.17. The van der Waals surface area contributed by atoms with Crippen molar-refractivity contribution in [3.63, 3.8) is 0 Å². The summed E-state index contributed by atoms with van der Waals surface area (Å²) in [5.41, 5.74) is 2.44. The summed E-state index contributed by atoms with van der Waals surface area (Å²) >= 11 is 0. The van der Waals surface area contributed by atoms with Crippen LogP contribution in [0.2, 0.25) is 0 Å². The van der Waals surface area contributed by atoms with Gasteiger partial charge in [-0.05, 0) is 52.7 Å². The van der Waals surface area contributed by atoms with Gasteiger partial charge in [0.1, 0.15) is 6.33 Å². The van der Waals surface area contributed by atoms with E-state index in [1.54, 1.807) is 6.33 Å². The zero-order valence-corrected chi connectivity index (χ0v) is 16.1. The maximum Gasteiger partial charge on any atom is 0.257 e. The minimum atomic E-state index is 0.0837. The van der Waals surface area contributed by atoms with Crippen LogP contribution in [-0.4, -0.2) is 72.1 Å². The molecule has 6 nitrogen and oxygen atoms in total. The van der Waals surface area contributed by atoms with E-state index in [1.165, 1.54) is 0 Å². The highest BCUT2D eigenvalue weighted by molar-refractivity contribution is 5.96. The molecule has 0 N–H and O–H groups in total. The lowest BCUT2D eigenvalue weighted by molar-refractivity contribution is 0.00626. The van der Waals surface area contributed by atoms with Crippen molar-refractivity contribution in [1.29, 1.82) is 0 Å². The number of carbonyl (C=O) groups excluding carboxylic acids is 1. The van der Waals surface area contributed by atoms with Gasteiger partial charge in [-0.1, -0.05) is 13.8 Å². The molecular formula is C19H32N4O2.